The van der Waals surface area contributed by atoms with Gasteiger partial charge in [-0.1, -0.05) is 27.7 Å². The Kier molecular flexibility index (Phi) is 8.90. The molecule has 0 N–H and O–H groups in total. The lowest BCUT2D eigenvalue weighted by atomic mass is 9.90. The molecule has 0 radical (unpaired) electrons. The third kappa shape index (κ3) is 9.13. The van der Waals surface area contributed by atoms with Crippen molar-refractivity contribution in [3.05, 3.63) is 0 Å². The van der Waals surface area contributed by atoms with E-state index in [4.69, 9.17) is 14.2 Å². The van der Waals surface area contributed by atoms with Gasteiger partial charge in [0.25, 0.3) is 0 Å². The summed E-state index contributed by atoms with van der Waals surface area (Å²) in [4.78, 5) is 0. The van der Waals surface area contributed by atoms with Gasteiger partial charge in [-0.05, 0) is 18.8 Å². The number of ether oxygens (including phenoxy) is 3. The zero-order valence-corrected chi connectivity index (χ0v) is 11.5. The van der Waals surface area contributed by atoms with Crippen LogP contribution in [0.3, 0.4) is 0 Å². The van der Waals surface area contributed by atoms with Crippen LogP contribution in [0.4, 0.5) is 0 Å². The van der Waals surface area contributed by atoms with Gasteiger partial charge in [0, 0.05) is 6.61 Å². The molecule has 0 amide bonds. The molecule has 1 atom stereocenters. The molecule has 0 fully saturated rings. The Bertz CT molecular complexity index is 152. The molecule has 0 aliphatic rings. The number of hydrogen-bond acceptors (Lipinski definition) is 3. The van der Waals surface area contributed by atoms with Gasteiger partial charge in [-0.15, -0.1) is 0 Å². The second-order valence-corrected chi connectivity index (χ2v) is 5.10. The Morgan fingerprint density at radius 1 is 0.875 bits per heavy atom. The van der Waals surface area contributed by atoms with Crippen LogP contribution in [-0.4, -0.2) is 39.1 Å². The predicted molar refractivity (Wildman–Crippen MR) is 66.8 cm³/mol. The van der Waals surface area contributed by atoms with Crippen molar-refractivity contribution in [2.45, 2.75) is 47.1 Å². The second kappa shape index (κ2) is 8.97. The first-order valence-corrected chi connectivity index (χ1v) is 6.25. The molecule has 0 aliphatic carbocycles. The average Bonchev–Trinajstić information content (AvgIpc) is 2.20. The van der Waals surface area contributed by atoms with Gasteiger partial charge in [0.05, 0.1) is 32.5 Å². The molecule has 0 aromatic carbocycles. The summed E-state index contributed by atoms with van der Waals surface area (Å²) in [6.07, 6.45) is 1.32. The smallest absolute Gasteiger partial charge is 0.0704 e. The van der Waals surface area contributed by atoms with Crippen LogP contribution < -0.4 is 0 Å². The SMILES string of the molecule is CCCOCCOCCOC(C)C(C)(C)C. The van der Waals surface area contributed by atoms with Crippen LogP contribution in [0.5, 0.6) is 0 Å². The predicted octanol–water partition coefficient (Wildman–Crippen LogP) is 2.88. The van der Waals surface area contributed by atoms with Crippen molar-refractivity contribution in [2.75, 3.05) is 33.0 Å². The standard InChI is InChI=1S/C13H28O3/c1-6-7-14-8-9-15-10-11-16-12(2)13(3,4)5/h12H,6-11H2,1-5H3. The fraction of sp³-hybridized carbons (Fsp3) is 1.00. The molecule has 16 heavy (non-hydrogen) atoms. The van der Waals surface area contributed by atoms with E-state index in [1.54, 1.807) is 0 Å². The lowest BCUT2D eigenvalue weighted by Gasteiger charge is -2.27. The fourth-order valence-electron chi connectivity index (χ4n) is 1.00. The van der Waals surface area contributed by atoms with Crippen LogP contribution in [0.15, 0.2) is 0 Å². The summed E-state index contributed by atoms with van der Waals surface area (Å²) in [7, 11) is 0. The maximum Gasteiger partial charge on any atom is 0.0704 e. The number of rotatable bonds is 9. The summed E-state index contributed by atoms with van der Waals surface area (Å²) in [6.45, 7) is 14.2. The van der Waals surface area contributed by atoms with Crippen molar-refractivity contribution < 1.29 is 14.2 Å². The number of hydrogen-bond donors (Lipinski definition) is 0. The topological polar surface area (TPSA) is 27.7 Å². The largest absolute Gasteiger partial charge is 0.379 e. The van der Waals surface area contributed by atoms with E-state index in [9.17, 15) is 0 Å². The molecule has 1 unspecified atom stereocenters. The lowest BCUT2D eigenvalue weighted by Crippen LogP contribution is -2.27. The maximum absolute atomic E-state index is 5.67. The highest BCUT2D eigenvalue weighted by molar-refractivity contribution is 4.69. The van der Waals surface area contributed by atoms with Crippen molar-refractivity contribution in [3.63, 3.8) is 0 Å². The van der Waals surface area contributed by atoms with Gasteiger partial charge in [-0.25, -0.2) is 0 Å². The Balaban J connectivity index is 3.21. The van der Waals surface area contributed by atoms with Crippen LogP contribution >= 0.6 is 0 Å². The van der Waals surface area contributed by atoms with E-state index in [-0.39, 0.29) is 11.5 Å². The maximum atomic E-state index is 5.67. The lowest BCUT2D eigenvalue weighted by molar-refractivity contribution is -0.0404. The fourth-order valence-corrected chi connectivity index (χ4v) is 1.00. The van der Waals surface area contributed by atoms with Crippen molar-refractivity contribution in [3.8, 4) is 0 Å². The highest BCUT2D eigenvalue weighted by Crippen LogP contribution is 2.21. The molecule has 0 heterocycles. The van der Waals surface area contributed by atoms with Gasteiger partial charge in [-0.2, -0.15) is 0 Å². The average molecular weight is 232 g/mol. The van der Waals surface area contributed by atoms with Crippen molar-refractivity contribution >= 4 is 0 Å². The van der Waals surface area contributed by atoms with Crippen molar-refractivity contribution in [1.29, 1.82) is 0 Å². The summed E-state index contributed by atoms with van der Waals surface area (Å²) in [5.74, 6) is 0. The molecular weight excluding hydrogens is 204 g/mol. The monoisotopic (exact) mass is 232 g/mol. The van der Waals surface area contributed by atoms with Gasteiger partial charge in [0.15, 0.2) is 0 Å². The first kappa shape index (κ1) is 15.9. The van der Waals surface area contributed by atoms with Crippen molar-refractivity contribution in [1.82, 2.24) is 0 Å². The molecule has 0 spiro atoms. The summed E-state index contributed by atoms with van der Waals surface area (Å²) in [5.41, 5.74) is 0.199. The summed E-state index contributed by atoms with van der Waals surface area (Å²) in [5, 5.41) is 0. The Morgan fingerprint density at radius 3 is 1.88 bits per heavy atom. The van der Waals surface area contributed by atoms with Crippen LogP contribution in [0.1, 0.15) is 41.0 Å². The molecule has 0 aliphatic heterocycles. The quantitative estimate of drug-likeness (QED) is 0.572. The molecule has 98 valence electrons. The van der Waals surface area contributed by atoms with Crippen LogP contribution in [0.25, 0.3) is 0 Å². The van der Waals surface area contributed by atoms with E-state index in [0.29, 0.717) is 26.4 Å². The van der Waals surface area contributed by atoms with Crippen molar-refractivity contribution in [2.24, 2.45) is 5.41 Å². The van der Waals surface area contributed by atoms with Gasteiger partial charge in [0.2, 0.25) is 0 Å². The molecule has 0 saturated carbocycles. The Hall–Kier alpha value is -0.120. The zero-order chi connectivity index (χ0) is 12.4. The summed E-state index contributed by atoms with van der Waals surface area (Å²) < 4.78 is 16.4. The van der Waals surface area contributed by atoms with Gasteiger partial charge >= 0.3 is 0 Å². The molecule has 3 nitrogen and oxygen atoms in total. The van der Waals surface area contributed by atoms with E-state index < -0.39 is 0 Å². The highest BCUT2D eigenvalue weighted by Gasteiger charge is 2.19. The zero-order valence-electron chi connectivity index (χ0n) is 11.5. The summed E-state index contributed by atoms with van der Waals surface area (Å²) in [6, 6.07) is 0. The van der Waals surface area contributed by atoms with E-state index >= 15 is 0 Å². The minimum Gasteiger partial charge on any atom is -0.379 e. The van der Waals surface area contributed by atoms with E-state index in [1.165, 1.54) is 0 Å². The molecule has 0 saturated heterocycles. The van der Waals surface area contributed by atoms with Crippen LogP contribution in [-0.2, 0) is 14.2 Å². The normalized spacial score (nSPS) is 14.1. The second-order valence-electron chi connectivity index (χ2n) is 5.10. The minimum atomic E-state index is 0.199. The minimum absolute atomic E-state index is 0.199. The first-order valence-electron chi connectivity index (χ1n) is 6.25. The highest BCUT2D eigenvalue weighted by atomic mass is 16.5. The molecule has 0 rings (SSSR count). The van der Waals surface area contributed by atoms with E-state index in [2.05, 4.69) is 34.6 Å². The van der Waals surface area contributed by atoms with E-state index in [1.807, 2.05) is 0 Å². The Labute approximate surface area is 100 Å². The molecule has 0 bridgehead atoms. The third-order valence-corrected chi connectivity index (χ3v) is 2.54. The summed E-state index contributed by atoms with van der Waals surface area (Å²) >= 11 is 0. The van der Waals surface area contributed by atoms with Gasteiger partial charge in [-0.3, -0.25) is 0 Å². The van der Waals surface area contributed by atoms with Gasteiger partial charge < -0.3 is 14.2 Å². The molecule has 0 aromatic heterocycles. The Morgan fingerprint density at radius 2 is 1.38 bits per heavy atom. The van der Waals surface area contributed by atoms with Crippen LogP contribution in [0.2, 0.25) is 0 Å². The first-order chi connectivity index (χ1) is 7.48. The molecular formula is C13H28O3. The van der Waals surface area contributed by atoms with E-state index in [0.717, 1.165) is 13.0 Å². The molecule has 0 aromatic rings. The molecule has 3 heteroatoms. The third-order valence-electron chi connectivity index (χ3n) is 2.54. The van der Waals surface area contributed by atoms with Crippen LogP contribution in [0, 0.1) is 5.41 Å². The van der Waals surface area contributed by atoms with Gasteiger partial charge in [0.1, 0.15) is 0 Å².